The molecule has 0 saturated carbocycles. The fourth-order valence-corrected chi connectivity index (χ4v) is 4.19. The van der Waals surface area contributed by atoms with E-state index in [1.165, 1.54) is 0 Å². The molecule has 0 aliphatic carbocycles. The average molecular weight is 311 g/mol. The Bertz CT molecular complexity index is 557. The number of nitrogens with zero attached hydrogens (tertiary/aromatic N) is 2. The average Bonchev–Trinajstić information content (AvgIpc) is 2.47. The number of hydrogen-bond donors (Lipinski definition) is 1. The minimum absolute atomic E-state index is 0.0502. The van der Waals surface area contributed by atoms with Crippen LogP contribution in [0.3, 0.4) is 0 Å². The Balaban J connectivity index is 2.05. The minimum atomic E-state index is -3.28. The van der Waals surface area contributed by atoms with Crippen LogP contribution >= 0.6 is 0 Å². The van der Waals surface area contributed by atoms with Crippen molar-refractivity contribution in [3.8, 4) is 0 Å². The van der Waals surface area contributed by atoms with Gasteiger partial charge in [-0.05, 0) is 37.6 Å². The molecule has 0 amide bonds. The van der Waals surface area contributed by atoms with Crippen molar-refractivity contribution in [2.24, 2.45) is 5.73 Å². The Morgan fingerprint density at radius 1 is 1.29 bits per heavy atom. The predicted octanol–water partition coefficient (Wildman–Crippen LogP) is 1.00. The molecule has 2 rings (SSSR count). The van der Waals surface area contributed by atoms with Gasteiger partial charge in [-0.1, -0.05) is 24.3 Å². The van der Waals surface area contributed by atoms with Gasteiger partial charge in [0.05, 0.1) is 5.75 Å². The second kappa shape index (κ2) is 6.87. The van der Waals surface area contributed by atoms with E-state index in [1.807, 2.05) is 31.3 Å². The van der Waals surface area contributed by atoms with Crippen molar-refractivity contribution in [1.29, 1.82) is 0 Å². The minimum Gasteiger partial charge on any atom is -0.326 e. The number of piperidine rings is 1. The number of likely N-dealkylation sites (N-methyl/N-ethyl adjacent to an activating group) is 2. The molecule has 1 saturated heterocycles. The first-order valence-corrected chi connectivity index (χ1v) is 8.95. The van der Waals surface area contributed by atoms with Crippen molar-refractivity contribution in [3.63, 3.8) is 0 Å². The molecule has 1 heterocycles. The van der Waals surface area contributed by atoms with Crippen molar-refractivity contribution in [2.75, 3.05) is 27.2 Å². The molecule has 1 unspecified atom stereocenters. The van der Waals surface area contributed by atoms with E-state index in [1.54, 1.807) is 11.4 Å². The molecule has 0 radical (unpaired) electrons. The van der Waals surface area contributed by atoms with Gasteiger partial charge in [-0.15, -0.1) is 0 Å². The van der Waals surface area contributed by atoms with E-state index in [-0.39, 0.29) is 11.8 Å². The third kappa shape index (κ3) is 4.26. The largest absolute Gasteiger partial charge is 0.326 e. The van der Waals surface area contributed by atoms with Crippen LogP contribution in [0.15, 0.2) is 24.3 Å². The highest BCUT2D eigenvalue weighted by Crippen LogP contribution is 2.19. The summed E-state index contributed by atoms with van der Waals surface area (Å²) in [6.07, 6.45) is 1.98. The SMILES string of the molecule is CN1CCCC(N(C)S(=O)(=O)Cc2ccc(CN)cc2)C1. The molecule has 118 valence electrons. The van der Waals surface area contributed by atoms with Crippen LogP contribution in [0.5, 0.6) is 0 Å². The second-order valence-electron chi connectivity index (χ2n) is 5.85. The van der Waals surface area contributed by atoms with Crippen LogP contribution in [-0.2, 0) is 22.3 Å². The summed E-state index contributed by atoms with van der Waals surface area (Å²) in [6, 6.07) is 7.55. The van der Waals surface area contributed by atoms with E-state index in [4.69, 9.17) is 5.73 Å². The molecule has 1 fully saturated rings. The Labute approximate surface area is 127 Å². The predicted molar refractivity (Wildman–Crippen MR) is 85.2 cm³/mol. The van der Waals surface area contributed by atoms with Crippen LogP contribution in [0, 0.1) is 0 Å². The molecule has 0 aromatic heterocycles. The van der Waals surface area contributed by atoms with Gasteiger partial charge in [0.1, 0.15) is 0 Å². The summed E-state index contributed by atoms with van der Waals surface area (Å²) in [5.74, 6) is 0.0502. The van der Waals surface area contributed by atoms with Crippen LogP contribution in [-0.4, -0.2) is 50.8 Å². The standard InChI is InChI=1S/C15H25N3O2S/c1-17-9-3-4-15(11-17)18(2)21(19,20)12-14-7-5-13(10-16)6-8-14/h5-8,15H,3-4,9-12,16H2,1-2H3. The van der Waals surface area contributed by atoms with Gasteiger partial charge in [-0.25, -0.2) is 12.7 Å². The first kappa shape index (κ1) is 16.4. The van der Waals surface area contributed by atoms with E-state index in [0.717, 1.165) is 37.1 Å². The maximum absolute atomic E-state index is 12.5. The van der Waals surface area contributed by atoms with Gasteiger partial charge < -0.3 is 10.6 Å². The molecule has 1 aromatic carbocycles. The van der Waals surface area contributed by atoms with Crippen LogP contribution in [0.4, 0.5) is 0 Å². The summed E-state index contributed by atoms with van der Waals surface area (Å²) in [7, 11) is 0.461. The Morgan fingerprint density at radius 2 is 1.90 bits per heavy atom. The zero-order valence-corrected chi connectivity index (χ0v) is 13.6. The van der Waals surface area contributed by atoms with Crippen LogP contribution in [0.1, 0.15) is 24.0 Å². The summed E-state index contributed by atoms with van der Waals surface area (Å²) in [5, 5.41) is 0. The molecule has 1 atom stereocenters. The lowest BCUT2D eigenvalue weighted by Crippen LogP contribution is -2.47. The molecule has 2 N–H and O–H groups in total. The lowest BCUT2D eigenvalue weighted by Gasteiger charge is -2.35. The number of rotatable bonds is 5. The molecule has 0 spiro atoms. The fourth-order valence-electron chi connectivity index (χ4n) is 2.75. The Morgan fingerprint density at radius 3 is 2.48 bits per heavy atom. The molecule has 0 bridgehead atoms. The van der Waals surface area contributed by atoms with Gasteiger partial charge in [0.15, 0.2) is 0 Å². The topological polar surface area (TPSA) is 66.6 Å². The number of likely N-dealkylation sites (tertiary alicyclic amines) is 1. The molecule has 1 aromatic rings. The quantitative estimate of drug-likeness (QED) is 0.881. The summed E-state index contributed by atoms with van der Waals surface area (Å²) >= 11 is 0. The zero-order chi connectivity index (χ0) is 15.5. The number of sulfonamides is 1. The molecule has 5 nitrogen and oxygen atoms in total. The number of benzene rings is 1. The van der Waals surface area contributed by atoms with Crippen molar-refractivity contribution in [1.82, 2.24) is 9.21 Å². The molecular formula is C15H25N3O2S. The van der Waals surface area contributed by atoms with E-state index in [0.29, 0.717) is 6.54 Å². The first-order valence-electron chi connectivity index (χ1n) is 7.34. The van der Waals surface area contributed by atoms with Crippen LogP contribution in [0.25, 0.3) is 0 Å². The molecule has 1 aliphatic rings. The van der Waals surface area contributed by atoms with Crippen molar-refractivity contribution < 1.29 is 8.42 Å². The summed E-state index contributed by atoms with van der Waals surface area (Å²) in [6.45, 7) is 2.33. The summed E-state index contributed by atoms with van der Waals surface area (Å²) in [5.41, 5.74) is 7.38. The number of hydrogen-bond acceptors (Lipinski definition) is 4. The number of nitrogens with two attached hydrogens (primary N) is 1. The normalized spacial score (nSPS) is 20.9. The third-order valence-corrected chi connectivity index (χ3v) is 6.03. The Hall–Kier alpha value is -0.950. The Kier molecular flexibility index (Phi) is 5.37. The monoisotopic (exact) mass is 311 g/mol. The van der Waals surface area contributed by atoms with Crippen LogP contribution in [0.2, 0.25) is 0 Å². The summed E-state index contributed by atoms with van der Waals surface area (Å²) in [4.78, 5) is 2.19. The molecular weight excluding hydrogens is 286 g/mol. The van der Waals surface area contributed by atoms with Gasteiger partial charge in [-0.2, -0.15) is 0 Å². The highest BCUT2D eigenvalue weighted by atomic mass is 32.2. The van der Waals surface area contributed by atoms with Crippen LogP contribution < -0.4 is 5.73 Å². The summed E-state index contributed by atoms with van der Waals surface area (Å²) < 4.78 is 26.6. The van der Waals surface area contributed by atoms with Gasteiger partial charge in [0.2, 0.25) is 10.0 Å². The van der Waals surface area contributed by atoms with Gasteiger partial charge in [0.25, 0.3) is 0 Å². The highest BCUT2D eigenvalue weighted by molar-refractivity contribution is 7.88. The second-order valence-corrected chi connectivity index (χ2v) is 7.88. The highest BCUT2D eigenvalue weighted by Gasteiger charge is 2.29. The van der Waals surface area contributed by atoms with E-state index in [9.17, 15) is 8.42 Å². The lowest BCUT2D eigenvalue weighted by molar-refractivity contribution is 0.187. The van der Waals surface area contributed by atoms with E-state index in [2.05, 4.69) is 4.90 Å². The van der Waals surface area contributed by atoms with Crippen molar-refractivity contribution in [2.45, 2.75) is 31.2 Å². The fraction of sp³-hybridized carbons (Fsp3) is 0.600. The maximum atomic E-state index is 12.5. The third-order valence-electron chi connectivity index (χ3n) is 4.16. The van der Waals surface area contributed by atoms with Gasteiger partial charge in [-0.3, -0.25) is 0 Å². The smallest absolute Gasteiger partial charge is 0.218 e. The molecule has 21 heavy (non-hydrogen) atoms. The lowest BCUT2D eigenvalue weighted by atomic mass is 10.1. The molecule has 6 heteroatoms. The first-order chi connectivity index (χ1) is 9.92. The molecule has 1 aliphatic heterocycles. The van der Waals surface area contributed by atoms with E-state index >= 15 is 0 Å². The zero-order valence-electron chi connectivity index (χ0n) is 12.8. The van der Waals surface area contributed by atoms with Crippen molar-refractivity contribution >= 4 is 10.0 Å². The maximum Gasteiger partial charge on any atom is 0.218 e. The van der Waals surface area contributed by atoms with E-state index < -0.39 is 10.0 Å². The van der Waals surface area contributed by atoms with Crippen molar-refractivity contribution in [3.05, 3.63) is 35.4 Å². The van der Waals surface area contributed by atoms with Gasteiger partial charge >= 0.3 is 0 Å². The van der Waals surface area contributed by atoms with Gasteiger partial charge in [0, 0.05) is 26.2 Å².